The first-order valence-corrected chi connectivity index (χ1v) is 11.0. The molecule has 0 radical (unpaired) electrons. The zero-order valence-corrected chi connectivity index (χ0v) is 16.9. The molecule has 1 unspecified atom stereocenters. The van der Waals surface area contributed by atoms with Crippen LogP contribution in [0.4, 0.5) is 0 Å². The number of amides is 1. The van der Waals surface area contributed by atoms with Crippen LogP contribution in [0.25, 0.3) is 5.52 Å². The highest BCUT2D eigenvalue weighted by molar-refractivity contribution is 5.99. The quantitative estimate of drug-likeness (QED) is 0.700. The van der Waals surface area contributed by atoms with Gasteiger partial charge in [0, 0.05) is 17.9 Å². The van der Waals surface area contributed by atoms with Crippen LogP contribution in [0.15, 0.2) is 48.8 Å². The number of fused-ring (bicyclic) bond motifs is 1. The van der Waals surface area contributed by atoms with E-state index in [-0.39, 0.29) is 11.4 Å². The highest BCUT2D eigenvalue weighted by Crippen LogP contribution is 2.55. The van der Waals surface area contributed by atoms with Gasteiger partial charge < -0.3 is 14.8 Å². The second-order valence-electron chi connectivity index (χ2n) is 9.58. The van der Waals surface area contributed by atoms with E-state index in [1.807, 2.05) is 36.5 Å². The maximum atomic E-state index is 13.4. The van der Waals surface area contributed by atoms with Gasteiger partial charge in [-0.1, -0.05) is 12.1 Å². The molecule has 0 saturated heterocycles. The predicted molar refractivity (Wildman–Crippen MR) is 112 cm³/mol. The van der Waals surface area contributed by atoms with E-state index < -0.39 is 6.10 Å². The molecule has 4 bridgehead atoms. The summed E-state index contributed by atoms with van der Waals surface area (Å²) in [5.74, 6) is 2.57. The fourth-order valence-electron chi connectivity index (χ4n) is 6.66. The Morgan fingerprint density at radius 2 is 1.77 bits per heavy atom. The van der Waals surface area contributed by atoms with Crippen LogP contribution in [0.3, 0.4) is 0 Å². The van der Waals surface area contributed by atoms with Crippen molar-refractivity contribution >= 4 is 11.4 Å². The van der Waals surface area contributed by atoms with Gasteiger partial charge in [-0.3, -0.25) is 9.78 Å². The predicted octanol–water partition coefficient (Wildman–Crippen LogP) is 3.51. The van der Waals surface area contributed by atoms with Gasteiger partial charge in [-0.15, -0.1) is 0 Å². The van der Waals surface area contributed by atoms with Gasteiger partial charge in [0.05, 0.1) is 11.2 Å². The summed E-state index contributed by atoms with van der Waals surface area (Å²) < 4.78 is 1.80. The van der Waals surface area contributed by atoms with Crippen molar-refractivity contribution in [3.8, 4) is 0 Å². The van der Waals surface area contributed by atoms with E-state index in [1.54, 1.807) is 16.7 Å². The standard InChI is InChI=1S/C24H26N4O2/c29-21(18-5-1-3-7-25-18)22-26-20(19-6-2-4-8-28(19)22)23(30)27-24-12-15-9-16(13-24)11-17(10-15)14-24/h1-8,15-17,21,29H,9-14H2,(H,27,30). The van der Waals surface area contributed by atoms with Crippen LogP contribution in [-0.4, -0.2) is 30.9 Å². The largest absolute Gasteiger partial charge is 0.379 e. The number of aliphatic hydroxyl groups excluding tert-OH is 1. The number of carbonyl (C=O) groups excluding carboxylic acids is 1. The lowest BCUT2D eigenvalue weighted by atomic mass is 9.53. The average molecular weight is 402 g/mol. The minimum absolute atomic E-state index is 0.0731. The summed E-state index contributed by atoms with van der Waals surface area (Å²) >= 11 is 0. The molecule has 6 nitrogen and oxygen atoms in total. The molecule has 154 valence electrons. The number of hydrogen-bond acceptors (Lipinski definition) is 4. The SMILES string of the molecule is O=C(NC12CC3CC(CC(C3)C1)C2)c1nc(C(O)c2ccccn2)n2ccccc12. The molecule has 0 aliphatic heterocycles. The molecule has 4 saturated carbocycles. The molecule has 3 heterocycles. The summed E-state index contributed by atoms with van der Waals surface area (Å²) in [5.41, 5.74) is 1.54. The third kappa shape index (κ3) is 2.85. The Labute approximate surface area is 175 Å². The highest BCUT2D eigenvalue weighted by atomic mass is 16.3. The first-order valence-electron chi connectivity index (χ1n) is 11.0. The number of imidazole rings is 1. The van der Waals surface area contributed by atoms with Crippen molar-refractivity contribution in [2.45, 2.75) is 50.2 Å². The molecule has 4 fully saturated rings. The van der Waals surface area contributed by atoms with Crippen molar-refractivity contribution in [1.29, 1.82) is 0 Å². The normalized spacial score (nSPS) is 30.5. The van der Waals surface area contributed by atoms with Crippen molar-refractivity contribution in [3.05, 3.63) is 66.0 Å². The molecule has 0 aromatic carbocycles. The Balaban J connectivity index is 1.35. The van der Waals surface area contributed by atoms with Crippen molar-refractivity contribution in [1.82, 2.24) is 19.7 Å². The Hall–Kier alpha value is -2.73. The lowest BCUT2D eigenvalue weighted by molar-refractivity contribution is -0.0167. The van der Waals surface area contributed by atoms with Crippen LogP contribution < -0.4 is 5.32 Å². The second-order valence-corrected chi connectivity index (χ2v) is 9.58. The molecule has 2 N–H and O–H groups in total. The van der Waals surface area contributed by atoms with Gasteiger partial charge in [0.15, 0.2) is 11.8 Å². The van der Waals surface area contributed by atoms with E-state index in [9.17, 15) is 9.90 Å². The molecule has 30 heavy (non-hydrogen) atoms. The van der Waals surface area contributed by atoms with Gasteiger partial charge in [-0.25, -0.2) is 4.98 Å². The Bertz CT molecular complexity index is 1070. The van der Waals surface area contributed by atoms with Gasteiger partial charge in [0.2, 0.25) is 0 Å². The van der Waals surface area contributed by atoms with Crippen LogP contribution in [0.2, 0.25) is 0 Å². The number of aromatic nitrogens is 3. The molecule has 3 aromatic heterocycles. The number of carbonyl (C=O) groups is 1. The van der Waals surface area contributed by atoms with E-state index in [0.717, 1.165) is 37.0 Å². The minimum Gasteiger partial charge on any atom is -0.379 e. The minimum atomic E-state index is -0.998. The number of pyridine rings is 2. The summed E-state index contributed by atoms with van der Waals surface area (Å²) in [6, 6.07) is 11.1. The number of aliphatic hydroxyl groups is 1. The topological polar surface area (TPSA) is 79.5 Å². The van der Waals surface area contributed by atoms with Crippen LogP contribution >= 0.6 is 0 Å². The van der Waals surface area contributed by atoms with Gasteiger partial charge >= 0.3 is 0 Å². The van der Waals surface area contributed by atoms with Gasteiger partial charge in [0.1, 0.15) is 5.82 Å². The lowest BCUT2D eigenvalue weighted by Gasteiger charge is -2.56. The summed E-state index contributed by atoms with van der Waals surface area (Å²) in [4.78, 5) is 22.3. The molecule has 6 heteroatoms. The van der Waals surface area contributed by atoms with Gasteiger partial charge in [-0.2, -0.15) is 0 Å². The van der Waals surface area contributed by atoms with Crippen LogP contribution in [0, 0.1) is 17.8 Å². The van der Waals surface area contributed by atoms with E-state index in [1.165, 1.54) is 19.3 Å². The Morgan fingerprint density at radius 1 is 1.07 bits per heavy atom. The first kappa shape index (κ1) is 18.1. The van der Waals surface area contributed by atoms with E-state index in [2.05, 4.69) is 15.3 Å². The smallest absolute Gasteiger partial charge is 0.272 e. The number of nitrogens with one attached hydrogen (secondary N) is 1. The molecule has 1 amide bonds. The fourth-order valence-corrected chi connectivity index (χ4v) is 6.66. The third-order valence-corrected chi connectivity index (χ3v) is 7.42. The van der Waals surface area contributed by atoms with Crippen LogP contribution in [0.5, 0.6) is 0 Å². The average Bonchev–Trinajstić information content (AvgIpc) is 3.12. The maximum absolute atomic E-state index is 13.4. The monoisotopic (exact) mass is 402 g/mol. The number of hydrogen-bond donors (Lipinski definition) is 2. The van der Waals surface area contributed by atoms with Crippen molar-refractivity contribution in [2.75, 3.05) is 0 Å². The molecule has 7 rings (SSSR count). The fraction of sp³-hybridized carbons (Fsp3) is 0.458. The highest BCUT2D eigenvalue weighted by Gasteiger charge is 2.51. The Morgan fingerprint density at radius 3 is 2.43 bits per heavy atom. The van der Waals surface area contributed by atoms with Gasteiger partial charge in [0.25, 0.3) is 5.91 Å². The second kappa shape index (κ2) is 6.64. The molecule has 0 spiro atoms. The van der Waals surface area contributed by atoms with Crippen molar-refractivity contribution < 1.29 is 9.90 Å². The lowest BCUT2D eigenvalue weighted by Crippen LogP contribution is -2.59. The van der Waals surface area contributed by atoms with Gasteiger partial charge in [-0.05, 0) is 80.5 Å². The molecule has 3 aromatic rings. The summed E-state index contributed by atoms with van der Waals surface area (Å²) in [5, 5.41) is 14.3. The van der Waals surface area contributed by atoms with E-state index in [4.69, 9.17) is 0 Å². The van der Waals surface area contributed by atoms with E-state index in [0.29, 0.717) is 22.7 Å². The number of nitrogens with zero attached hydrogens (tertiary/aromatic N) is 3. The maximum Gasteiger partial charge on any atom is 0.272 e. The zero-order chi connectivity index (χ0) is 20.3. The third-order valence-electron chi connectivity index (χ3n) is 7.42. The van der Waals surface area contributed by atoms with E-state index >= 15 is 0 Å². The van der Waals surface area contributed by atoms with Crippen molar-refractivity contribution in [2.24, 2.45) is 17.8 Å². The first-order chi connectivity index (χ1) is 14.6. The molecular formula is C24H26N4O2. The summed E-state index contributed by atoms with van der Waals surface area (Å²) in [6.45, 7) is 0. The molecule has 4 aliphatic rings. The van der Waals surface area contributed by atoms with Crippen molar-refractivity contribution in [3.63, 3.8) is 0 Å². The van der Waals surface area contributed by atoms with Crippen LogP contribution in [-0.2, 0) is 0 Å². The number of rotatable bonds is 4. The summed E-state index contributed by atoms with van der Waals surface area (Å²) in [7, 11) is 0. The zero-order valence-electron chi connectivity index (χ0n) is 16.9. The molecular weight excluding hydrogens is 376 g/mol. The Kier molecular flexibility index (Phi) is 4.00. The van der Waals surface area contributed by atoms with Crippen LogP contribution in [0.1, 0.15) is 66.6 Å². The molecule has 4 aliphatic carbocycles. The molecule has 1 atom stereocenters. The summed E-state index contributed by atoms with van der Waals surface area (Å²) in [6.07, 6.45) is 9.79.